The second kappa shape index (κ2) is 7.85. The van der Waals surface area contributed by atoms with E-state index < -0.39 is 0 Å². The summed E-state index contributed by atoms with van der Waals surface area (Å²) >= 11 is 1.28. The molecule has 2 aromatic carbocycles. The van der Waals surface area contributed by atoms with Gasteiger partial charge in [0.1, 0.15) is 5.69 Å². The Kier molecular flexibility index (Phi) is 5.13. The lowest BCUT2D eigenvalue weighted by atomic mass is 10.1. The van der Waals surface area contributed by atoms with Gasteiger partial charge < -0.3 is 15.4 Å². The number of hydrogen-bond donors (Lipinski definition) is 2. The molecule has 0 bridgehead atoms. The van der Waals surface area contributed by atoms with Crippen LogP contribution < -0.4 is 10.6 Å². The van der Waals surface area contributed by atoms with Crippen molar-refractivity contribution in [3.63, 3.8) is 0 Å². The first kappa shape index (κ1) is 17.6. The van der Waals surface area contributed by atoms with Gasteiger partial charge in [-0.2, -0.15) is 4.37 Å². The van der Waals surface area contributed by atoms with Gasteiger partial charge in [0.05, 0.1) is 22.1 Å². The van der Waals surface area contributed by atoms with E-state index in [4.69, 9.17) is 4.74 Å². The molecule has 1 aliphatic rings. The van der Waals surface area contributed by atoms with E-state index in [1.54, 1.807) is 24.3 Å². The maximum Gasteiger partial charge on any atom is 0.276 e. The minimum Gasteiger partial charge on any atom is -0.376 e. The van der Waals surface area contributed by atoms with Gasteiger partial charge in [-0.25, -0.2) is 0 Å². The molecule has 6 nitrogen and oxygen atoms in total. The molecule has 0 radical (unpaired) electrons. The second-order valence-corrected chi connectivity index (χ2v) is 7.18. The minimum absolute atomic E-state index is 0.0667. The van der Waals surface area contributed by atoms with E-state index in [1.807, 2.05) is 24.3 Å². The molecule has 1 saturated heterocycles. The third kappa shape index (κ3) is 3.84. The maximum absolute atomic E-state index is 12.7. The van der Waals surface area contributed by atoms with Gasteiger partial charge in [0, 0.05) is 18.5 Å². The topological polar surface area (TPSA) is 80.3 Å². The Balaban J connectivity index is 1.50. The third-order valence-corrected chi connectivity index (χ3v) is 5.35. The average molecular weight is 381 g/mol. The van der Waals surface area contributed by atoms with E-state index in [1.165, 1.54) is 11.5 Å². The average Bonchev–Trinajstić information content (AvgIpc) is 3.36. The van der Waals surface area contributed by atoms with E-state index in [-0.39, 0.29) is 17.9 Å². The highest BCUT2D eigenvalue weighted by atomic mass is 32.1. The van der Waals surface area contributed by atoms with Crippen molar-refractivity contribution in [3.8, 4) is 0 Å². The summed E-state index contributed by atoms with van der Waals surface area (Å²) in [6, 6.07) is 14.5. The standard InChI is InChI=1S/C20H19N3O3S/c24-19(21-12-13-6-5-11-26-13)14-7-1-3-9-16(14)22-20(25)18-15-8-2-4-10-17(15)27-23-18/h1-4,7-10,13H,5-6,11-12H2,(H,21,24)(H,22,25)/t13-/m1/s1. The molecule has 0 saturated carbocycles. The van der Waals surface area contributed by atoms with E-state index in [0.717, 1.165) is 29.5 Å². The quantitative estimate of drug-likeness (QED) is 0.709. The molecule has 0 spiro atoms. The Morgan fingerprint density at radius 1 is 1.11 bits per heavy atom. The molecular weight excluding hydrogens is 362 g/mol. The van der Waals surface area contributed by atoms with Crippen molar-refractivity contribution < 1.29 is 14.3 Å². The minimum atomic E-state index is -0.327. The summed E-state index contributed by atoms with van der Waals surface area (Å²) in [6.45, 7) is 1.21. The van der Waals surface area contributed by atoms with Crippen molar-refractivity contribution in [2.45, 2.75) is 18.9 Å². The van der Waals surface area contributed by atoms with Gasteiger partial charge in [0.2, 0.25) is 0 Å². The molecule has 0 unspecified atom stereocenters. The largest absolute Gasteiger partial charge is 0.376 e. The van der Waals surface area contributed by atoms with Crippen LogP contribution in [0, 0.1) is 0 Å². The van der Waals surface area contributed by atoms with E-state index in [0.29, 0.717) is 23.5 Å². The molecule has 1 aromatic heterocycles. The number of carbonyl (C=O) groups excluding carboxylic acids is 2. The Bertz CT molecular complexity index is 979. The Morgan fingerprint density at radius 2 is 1.93 bits per heavy atom. The molecule has 0 aliphatic carbocycles. The van der Waals surface area contributed by atoms with Crippen LogP contribution in [-0.2, 0) is 4.74 Å². The number of para-hydroxylation sites is 1. The monoisotopic (exact) mass is 381 g/mol. The van der Waals surface area contributed by atoms with Crippen molar-refractivity contribution >= 4 is 39.1 Å². The number of hydrogen-bond acceptors (Lipinski definition) is 5. The van der Waals surface area contributed by atoms with Gasteiger partial charge in [-0.1, -0.05) is 30.3 Å². The molecule has 27 heavy (non-hydrogen) atoms. The number of rotatable bonds is 5. The molecule has 138 valence electrons. The van der Waals surface area contributed by atoms with Gasteiger partial charge in [0.25, 0.3) is 11.8 Å². The van der Waals surface area contributed by atoms with Crippen LogP contribution in [0.5, 0.6) is 0 Å². The van der Waals surface area contributed by atoms with Crippen LogP contribution in [0.25, 0.3) is 10.1 Å². The Hall–Kier alpha value is -2.77. The van der Waals surface area contributed by atoms with Crippen molar-refractivity contribution in [1.29, 1.82) is 0 Å². The fourth-order valence-corrected chi connectivity index (χ4v) is 3.90. The lowest BCUT2D eigenvalue weighted by Crippen LogP contribution is -2.32. The first-order chi connectivity index (χ1) is 13.2. The van der Waals surface area contributed by atoms with Crippen LogP contribution in [0.2, 0.25) is 0 Å². The highest BCUT2D eigenvalue weighted by Crippen LogP contribution is 2.24. The van der Waals surface area contributed by atoms with Gasteiger partial charge in [-0.05, 0) is 42.6 Å². The lowest BCUT2D eigenvalue weighted by Gasteiger charge is -2.13. The molecule has 7 heteroatoms. The van der Waals surface area contributed by atoms with E-state index in [2.05, 4.69) is 15.0 Å². The number of nitrogens with zero attached hydrogens (tertiary/aromatic N) is 1. The predicted octanol–water partition coefficient (Wildman–Crippen LogP) is 3.46. The normalized spacial score (nSPS) is 16.4. The predicted molar refractivity (Wildman–Crippen MR) is 105 cm³/mol. The van der Waals surface area contributed by atoms with Crippen LogP contribution in [0.15, 0.2) is 48.5 Å². The molecule has 3 aromatic rings. The number of fused-ring (bicyclic) bond motifs is 1. The highest BCUT2D eigenvalue weighted by Gasteiger charge is 2.20. The van der Waals surface area contributed by atoms with Crippen molar-refractivity contribution in [3.05, 3.63) is 59.8 Å². The molecule has 4 rings (SSSR count). The van der Waals surface area contributed by atoms with Crippen LogP contribution in [0.1, 0.15) is 33.7 Å². The van der Waals surface area contributed by atoms with Gasteiger partial charge >= 0.3 is 0 Å². The molecule has 1 fully saturated rings. The number of nitrogens with one attached hydrogen (secondary N) is 2. The molecule has 1 atom stereocenters. The van der Waals surface area contributed by atoms with Crippen molar-refractivity contribution in [2.24, 2.45) is 0 Å². The first-order valence-corrected chi connectivity index (χ1v) is 9.64. The molecule has 1 aliphatic heterocycles. The summed E-state index contributed by atoms with van der Waals surface area (Å²) in [5.41, 5.74) is 1.25. The fourth-order valence-electron chi connectivity index (χ4n) is 3.13. The number of anilines is 1. The number of ether oxygens (including phenoxy) is 1. The highest BCUT2D eigenvalue weighted by molar-refractivity contribution is 7.13. The van der Waals surface area contributed by atoms with Gasteiger partial charge in [-0.3, -0.25) is 9.59 Å². The van der Waals surface area contributed by atoms with Crippen LogP contribution in [0.4, 0.5) is 5.69 Å². The summed E-state index contributed by atoms with van der Waals surface area (Å²) in [7, 11) is 0. The summed E-state index contributed by atoms with van der Waals surface area (Å²) < 4.78 is 10.7. The zero-order valence-electron chi connectivity index (χ0n) is 14.6. The number of amides is 2. The zero-order valence-corrected chi connectivity index (χ0v) is 15.4. The van der Waals surface area contributed by atoms with Gasteiger partial charge in [-0.15, -0.1) is 0 Å². The number of benzene rings is 2. The van der Waals surface area contributed by atoms with Crippen LogP contribution in [-0.4, -0.2) is 35.4 Å². The molecular formula is C20H19N3O3S. The maximum atomic E-state index is 12.7. The smallest absolute Gasteiger partial charge is 0.276 e. The summed E-state index contributed by atoms with van der Waals surface area (Å²) in [4.78, 5) is 25.3. The Morgan fingerprint density at radius 3 is 2.78 bits per heavy atom. The zero-order chi connectivity index (χ0) is 18.6. The summed E-state index contributed by atoms with van der Waals surface area (Å²) in [5, 5.41) is 6.52. The SMILES string of the molecule is O=C(NC[C@H]1CCCO1)c1ccccc1NC(=O)c1nsc2ccccc12. The van der Waals surface area contributed by atoms with Gasteiger partial charge in [0.15, 0.2) is 0 Å². The van der Waals surface area contributed by atoms with Crippen LogP contribution >= 0.6 is 11.5 Å². The second-order valence-electron chi connectivity index (χ2n) is 6.37. The third-order valence-electron chi connectivity index (χ3n) is 4.53. The summed E-state index contributed by atoms with van der Waals surface area (Å²) in [6.07, 6.45) is 2.04. The fraction of sp³-hybridized carbons (Fsp3) is 0.250. The van der Waals surface area contributed by atoms with Crippen LogP contribution in [0.3, 0.4) is 0 Å². The van der Waals surface area contributed by atoms with E-state index in [9.17, 15) is 9.59 Å². The molecule has 2 N–H and O–H groups in total. The first-order valence-electron chi connectivity index (χ1n) is 8.87. The Labute approximate surface area is 160 Å². The van der Waals surface area contributed by atoms with Crippen molar-refractivity contribution in [1.82, 2.24) is 9.69 Å². The summed E-state index contributed by atoms with van der Waals surface area (Å²) in [5.74, 6) is -0.559. The molecule has 2 heterocycles. The molecule has 2 amide bonds. The van der Waals surface area contributed by atoms with E-state index >= 15 is 0 Å². The number of carbonyl (C=O) groups is 2. The van der Waals surface area contributed by atoms with Crippen molar-refractivity contribution in [2.75, 3.05) is 18.5 Å². The lowest BCUT2D eigenvalue weighted by molar-refractivity contribution is 0.0858. The number of aromatic nitrogens is 1.